The first-order chi connectivity index (χ1) is 14.9. The summed E-state index contributed by atoms with van der Waals surface area (Å²) in [4.78, 5) is 27.9. The molecule has 0 fully saturated rings. The number of hydrogen-bond donors (Lipinski definition) is 1. The Kier molecular flexibility index (Phi) is 5.79. The van der Waals surface area contributed by atoms with Crippen LogP contribution in [0.1, 0.15) is 15.9 Å². The van der Waals surface area contributed by atoms with Crippen LogP contribution in [-0.4, -0.2) is 15.8 Å². The molecule has 0 aliphatic rings. The third kappa shape index (κ3) is 4.47. The maximum atomic E-state index is 12.5. The van der Waals surface area contributed by atoms with E-state index >= 15 is 0 Å². The first-order valence-electron chi connectivity index (χ1n) is 9.29. The van der Waals surface area contributed by atoms with Crippen LogP contribution in [0.4, 0.5) is 11.4 Å². The molecule has 1 N–H and O–H groups in total. The number of carbonyl (C=O) groups excluding carboxylic acids is 1. The molecule has 0 aliphatic carbocycles. The third-order valence-corrected chi connectivity index (χ3v) is 5.83. The summed E-state index contributed by atoms with van der Waals surface area (Å²) >= 11 is 7.38. The Morgan fingerprint density at radius 3 is 2.55 bits per heavy atom. The summed E-state index contributed by atoms with van der Waals surface area (Å²) in [7, 11) is 0. The van der Waals surface area contributed by atoms with Crippen LogP contribution in [0.15, 0.2) is 72.1 Å². The number of rotatable bonds is 5. The normalized spacial score (nSPS) is 10.6. The Morgan fingerprint density at radius 2 is 1.84 bits per heavy atom. The number of halogens is 1. The van der Waals surface area contributed by atoms with Crippen LogP contribution in [0.25, 0.3) is 21.8 Å². The van der Waals surface area contributed by atoms with Gasteiger partial charge in [-0.15, -0.1) is 11.3 Å². The molecule has 0 radical (unpaired) electrons. The molecule has 1 aromatic heterocycles. The number of aromatic nitrogens is 1. The minimum Gasteiger partial charge on any atom is -0.322 e. The quantitative estimate of drug-likeness (QED) is 0.274. The second kappa shape index (κ2) is 8.67. The molecule has 0 saturated heterocycles. The highest BCUT2D eigenvalue weighted by Crippen LogP contribution is 2.31. The number of anilines is 1. The number of amides is 1. The fraction of sp³-hybridized carbons (Fsp3) is 0.0435. The van der Waals surface area contributed by atoms with E-state index in [1.165, 1.54) is 12.1 Å². The van der Waals surface area contributed by atoms with Gasteiger partial charge in [0.05, 0.1) is 10.6 Å². The summed E-state index contributed by atoms with van der Waals surface area (Å²) in [5, 5.41) is 17.0. The van der Waals surface area contributed by atoms with Gasteiger partial charge in [0.2, 0.25) is 0 Å². The number of aryl methyl sites for hydroxylation is 1. The highest BCUT2D eigenvalue weighted by atomic mass is 35.5. The summed E-state index contributed by atoms with van der Waals surface area (Å²) in [5.74, 6) is -0.577. The molecule has 0 saturated carbocycles. The van der Waals surface area contributed by atoms with E-state index in [-0.39, 0.29) is 16.3 Å². The molecule has 154 valence electrons. The van der Waals surface area contributed by atoms with Crippen LogP contribution in [0, 0.1) is 17.0 Å². The summed E-state index contributed by atoms with van der Waals surface area (Å²) in [5.41, 5.74) is 4.15. The first-order valence-corrected chi connectivity index (χ1v) is 10.6. The lowest BCUT2D eigenvalue weighted by atomic mass is 10.1. The van der Waals surface area contributed by atoms with Crippen molar-refractivity contribution < 1.29 is 9.72 Å². The molecule has 0 aliphatic heterocycles. The predicted octanol–water partition coefficient (Wildman–Crippen LogP) is 6.60. The summed E-state index contributed by atoms with van der Waals surface area (Å²) in [6.45, 7) is 2.05. The van der Waals surface area contributed by atoms with E-state index < -0.39 is 10.8 Å². The number of carbonyl (C=O) groups is 1. The average molecular weight is 450 g/mol. The van der Waals surface area contributed by atoms with Crippen molar-refractivity contribution in [3.05, 3.63) is 98.4 Å². The Morgan fingerprint density at radius 1 is 1.10 bits per heavy atom. The molecule has 8 heteroatoms. The molecule has 0 bridgehead atoms. The van der Waals surface area contributed by atoms with Gasteiger partial charge in [0, 0.05) is 33.3 Å². The van der Waals surface area contributed by atoms with Gasteiger partial charge >= 0.3 is 0 Å². The Balaban J connectivity index is 1.53. The zero-order chi connectivity index (χ0) is 22.0. The molecular formula is C23H16ClN3O3S. The maximum Gasteiger partial charge on any atom is 0.283 e. The van der Waals surface area contributed by atoms with E-state index in [4.69, 9.17) is 16.6 Å². The van der Waals surface area contributed by atoms with E-state index in [2.05, 4.69) is 18.3 Å². The number of hydrogen-bond acceptors (Lipinski definition) is 5. The molecule has 1 amide bonds. The van der Waals surface area contributed by atoms with Crippen molar-refractivity contribution in [3.8, 4) is 21.8 Å². The van der Waals surface area contributed by atoms with Crippen LogP contribution in [-0.2, 0) is 0 Å². The van der Waals surface area contributed by atoms with Crippen molar-refractivity contribution >= 4 is 40.2 Å². The van der Waals surface area contributed by atoms with Crippen molar-refractivity contribution in [1.29, 1.82) is 0 Å². The first kappa shape index (κ1) is 20.7. The standard InChI is InChI=1S/C23H16ClN3O3S/c1-14-4-2-3-5-18(14)23-26-20(13-31-23)15-6-9-17(10-7-15)25-22(28)19-11-8-16(24)12-21(19)27(29)30/h2-13H,1H3,(H,25,28). The zero-order valence-electron chi connectivity index (χ0n) is 16.3. The lowest BCUT2D eigenvalue weighted by Crippen LogP contribution is -2.13. The summed E-state index contributed by atoms with van der Waals surface area (Å²) in [6.07, 6.45) is 0. The SMILES string of the molecule is Cc1ccccc1-c1nc(-c2ccc(NC(=O)c3ccc(Cl)cc3[N+](=O)[O-])cc2)cs1. The lowest BCUT2D eigenvalue weighted by Gasteiger charge is -2.07. The van der Waals surface area contributed by atoms with Gasteiger partial charge < -0.3 is 5.32 Å². The van der Waals surface area contributed by atoms with Crippen molar-refractivity contribution in [1.82, 2.24) is 4.98 Å². The minimum absolute atomic E-state index is 0.0548. The molecule has 4 rings (SSSR count). The topological polar surface area (TPSA) is 85.1 Å². The highest BCUT2D eigenvalue weighted by molar-refractivity contribution is 7.13. The monoisotopic (exact) mass is 449 g/mol. The van der Waals surface area contributed by atoms with Crippen molar-refractivity contribution in [2.75, 3.05) is 5.32 Å². The van der Waals surface area contributed by atoms with E-state index in [1.807, 2.05) is 35.7 Å². The Hall–Kier alpha value is -3.55. The molecule has 0 unspecified atom stereocenters. The number of thiazole rings is 1. The molecule has 0 atom stereocenters. The highest BCUT2D eigenvalue weighted by Gasteiger charge is 2.20. The Labute approximate surface area is 187 Å². The van der Waals surface area contributed by atoms with Gasteiger partial charge in [-0.25, -0.2) is 4.98 Å². The van der Waals surface area contributed by atoms with Gasteiger partial charge in [-0.2, -0.15) is 0 Å². The number of nitro benzene ring substituents is 1. The number of nitrogens with one attached hydrogen (secondary N) is 1. The van der Waals surface area contributed by atoms with Gasteiger partial charge in [0.15, 0.2) is 0 Å². The summed E-state index contributed by atoms with van der Waals surface area (Å²) < 4.78 is 0. The third-order valence-electron chi connectivity index (χ3n) is 4.72. The average Bonchev–Trinajstić information content (AvgIpc) is 3.24. The van der Waals surface area contributed by atoms with Gasteiger partial charge in [-0.05, 0) is 36.8 Å². The van der Waals surface area contributed by atoms with Gasteiger partial charge in [0.25, 0.3) is 11.6 Å². The second-order valence-corrected chi connectivity index (χ2v) is 8.10. The minimum atomic E-state index is -0.627. The molecular weight excluding hydrogens is 434 g/mol. The smallest absolute Gasteiger partial charge is 0.283 e. The van der Waals surface area contributed by atoms with Crippen LogP contribution in [0.2, 0.25) is 5.02 Å². The summed E-state index contributed by atoms with van der Waals surface area (Å²) in [6, 6.07) is 19.2. The number of nitro groups is 1. The lowest BCUT2D eigenvalue weighted by molar-refractivity contribution is -0.385. The number of nitrogens with zero attached hydrogens (tertiary/aromatic N) is 2. The van der Waals surface area contributed by atoms with Crippen LogP contribution in [0.3, 0.4) is 0 Å². The van der Waals surface area contributed by atoms with E-state index in [0.29, 0.717) is 5.69 Å². The molecule has 6 nitrogen and oxygen atoms in total. The predicted molar refractivity (Wildman–Crippen MR) is 124 cm³/mol. The molecule has 4 aromatic rings. The van der Waals surface area contributed by atoms with E-state index in [0.717, 1.165) is 33.5 Å². The van der Waals surface area contributed by atoms with Crippen molar-refractivity contribution in [3.63, 3.8) is 0 Å². The fourth-order valence-corrected chi connectivity index (χ4v) is 4.20. The molecule has 0 spiro atoms. The maximum absolute atomic E-state index is 12.5. The van der Waals surface area contributed by atoms with Crippen LogP contribution < -0.4 is 5.32 Å². The van der Waals surface area contributed by atoms with Crippen LogP contribution in [0.5, 0.6) is 0 Å². The zero-order valence-corrected chi connectivity index (χ0v) is 17.9. The second-order valence-electron chi connectivity index (χ2n) is 6.80. The number of benzene rings is 3. The fourth-order valence-electron chi connectivity index (χ4n) is 3.11. The molecule has 31 heavy (non-hydrogen) atoms. The van der Waals surface area contributed by atoms with Crippen molar-refractivity contribution in [2.24, 2.45) is 0 Å². The largest absolute Gasteiger partial charge is 0.322 e. The van der Waals surface area contributed by atoms with Crippen LogP contribution >= 0.6 is 22.9 Å². The Bertz CT molecular complexity index is 1290. The van der Waals surface area contributed by atoms with Gasteiger partial charge in [-0.1, -0.05) is 48.0 Å². The molecule has 3 aromatic carbocycles. The van der Waals surface area contributed by atoms with E-state index in [1.54, 1.807) is 23.5 Å². The molecule has 1 heterocycles. The van der Waals surface area contributed by atoms with Gasteiger partial charge in [0.1, 0.15) is 10.6 Å². The van der Waals surface area contributed by atoms with E-state index in [9.17, 15) is 14.9 Å². The van der Waals surface area contributed by atoms with Crippen molar-refractivity contribution in [2.45, 2.75) is 6.92 Å². The van der Waals surface area contributed by atoms with Gasteiger partial charge in [-0.3, -0.25) is 14.9 Å².